The molecule has 0 spiro atoms. The topological polar surface area (TPSA) is 105 Å². The van der Waals surface area contributed by atoms with E-state index in [4.69, 9.17) is 19.9 Å². The minimum absolute atomic E-state index is 0.238. The Kier molecular flexibility index (Phi) is 4.19. The first-order valence-corrected chi connectivity index (χ1v) is 5.95. The van der Waals surface area contributed by atoms with Gasteiger partial charge >= 0.3 is 11.9 Å². The average molecular weight is 279 g/mol. The maximum atomic E-state index is 11.8. The Labute approximate surface area is 114 Å². The Hall–Kier alpha value is -2.57. The van der Waals surface area contributed by atoms with Gasteiger partial charge in [0.05, 0.1) is 12.2 Å². The number of hydrogen-bond donors (Lipinski definition) is 1. The van der Waals surface area contributed by atoms with Crippen LogP contribution in [0.4, 0.5) is 0 Å². The standard InChI is InChI=1S/C13H13NO6/c14-11(15)7-19-9-3-1-8(2-4-9)12(16)20-10-5-6-18-13(10)17/h1-4,10H,5-7H2,(H2,14,15)/t10-/m1/s1. The van der Waals surface area contributed by atoms with Crippen molar-refractivity contribution in [2.45, 2.75) is 12.5 Å². The van der Waals surface area contributed by atoms with Crippen LogP contribution in [0.15, 0.2) is 24.3 Å². The number of carbonyl (C=O) groups excluding carboxylic acids is 3. The van der Waals surface area contributed by atoms with E-state index in [-0.39, 0.29) is 18.8 Å². The summed E-state index contributed by atoms with van der Waals surface area (Å²) < 4.78 is 14.8. The molecule has 1 saturated heterocycles. The third-order valence-electron chi connectivity index (χ3n) is 2.61. The molecule has 1 aliphatic heterocycles. The van der Waals surface area contributed by atoms with Gasteiger partial charge in [0.15, 0.2) is 6.61 Å². The number of hydrogen-bond acceptors (Lipinski definition) is 6. The molecule has 1 atom stereocenters. The molecule has 0 saturated carbocycles. The van der Waals surface area contributed by atoms with Crippen molar-refractivity contribution in [2.75, 3.05) is 13.2 Å². The SMILES string of the molecule is NC(=O)COc1ccc(C(=O)O[C@@H]2CCOC2=O)cc1. The van der Waals surface area contributed by atoms with Crippen LogP contribution in [0.2, 0.25) is 0 Å². The normalized spacial score (nSPS) is 17.4. The lowest BCUT2D eigenvalue weighted by atomic mass is 10.2. The molecular formula is C13H13NO6. The van der Waals surface area contributed by atoms with Gasteiger partial charge in [-0.25, -0.2) is 9.59 Å². The van der Waals surface area contributed by atoms with E-state index in [2.05, 4.69) is 0 Å². The summed E-state index contributed by atoms with van der Waals surface area (Å²) >= 11 is 0. The quantitative estimate of drug-likeness (QED) is 0.762. The van der Waals surface area contributed by atoms with Gasteiger partial charge in [0, 0.05) is 6.42 Å². The lowest BCUT2D eigenvalue weighted by Gasteiger charge is -2.09. The minimum Gasteiger partial charge on any atom is -0.484 e. The maximum Gasteiger partial charge on any atom is 0.347 e. The average Bonchev–Trinajstić information content (AvgIpc) is 2.82. The van der Waals surface area contributed by atoms with Gasteiger partial charge in [0.2, 0.25) is 6.10 Å². The van der Waals surface area contributed by atoms with E-state index >= 15 is 0 Å². The lowest BCUT2D eigenvalue weighted by Crippen LogP contribution is -2.22. The molecule has 0 unspecified atom stereocenters. The van der Waals surface area contributed by atoms with Crippen LogP contribution in [-0.4, -0.2) is 37.2 Å². The molecule has 7 nitrogen and oxygen atoms in total. The summed E-state index contributed by atoms with van der Waals surface area (Å²) in [6.45, 7) is 0.0222. The van der Waals surface area contributed by atoms with Gasteiger partial charge in [-0.3, -0.25) is 4.79 Å². The van der Waals surface area contributed by atoms with Gasteiger partial charge in [-0.2, -0.15) is 0 Å². The Balaban J connectivity index is 1.93. The zero-order valence-electron chi connectivity index (χ0n) is 10.5. The van der Waals surface area contributed by atoms with Crippen LogP contribution in [0, 0.1) is 0 Å². The molecule has 2 N–H and O–H groups in total. The van der Waals surface area contributed by atoms with Crippen LogP contribution in [0.1, 0.15) is 16.8 Å². The van der Waals surface area contributed by atoms with Gasteiger partial charge in [-0.15, -0.1) is 0 Å². The summed E-state index contributed by atoms with van der Waals surface area (Å²) in [5.74, 6) is -1.33. The second-order valence-electron chi connectivity index (χ2n) is 4.13. The molecule has 1 aromatic carbocycles. The van der Waals surface area contributed by atoms with E-state index in [9.17, 15) is 14.4 Å². The van der Waals surface area contributed by atoms with Crippen LogP contribution in [-0.2, 0) is 19.1 Å². The molecule has 1 aromatic rings. The van der Waals surface area contributed by atoms with E-state index in [1.165, 1.54) is 24.3 Å². The predicted octanol–water partition coefficient (Wildman–Crippen LogP) is 0.0230. The molecule has 2 rings (SSSR count). The summed E-state index contributed by atoms with van der Waals surface area (Å²) in [5, 5.41) is 0. The van der Waals surface area contributed by atoms with Gasteiger partial charge < -0.3 is 19.9 Å². The first-order chi connectivity index (χ1) is 9.56. The highest BCUT2D eigenvalue weighted by molar-refractivity contribution is 5.91. The molecule has 7 heteroatoms. The smallest absolute Gasteiger partial charge is 0.347 e. The van der Waals surface area contributed by atoms with Crippen molar-refractivity contribution in [1.29, 1.82) is 0 Å². The second kappa shape index (κ2) is 6.05. The van der Waals surface area contributed by atoms with E-state index in [1.807, 2.05) is 0 Å². The second-order valence-corrected chi connectivity index (χ2v) is 4.13. The highest BCUT2D eigenvalue weighted by atomic mass is 16.6. The first-order valence-electron chi connectivity index (χ1n) is 5.95. The molecular weight excluding hydrogens is 266 g/mol. The Morgan fingerprint density at radius 3 is 2.55 bits per heavy atom. The number of esters is 2. The number of benzene rings is 1. The van der Waals surface area contributed by atoms with Gasteiger partial charge in [0.25, 0.3) is 5.91 Å². The third kappa shape index (κ3) is 3.47. The van der Waals surface area contributed by atoms with Crippen molar-refractivity contribution in [1.82, 2.24) is 0 Å². The van der Waals surface area contributed by atoms with E-state index in [0.717, 1.165) is 0 Å². The molecule has 0 aliphatic carbocycles. The number of nitrogens with two attached hydrogens (primary N) is 1. The molecule has 106 valence electrons. The Bertz CT molecular complexity index is 524. The highest BCUT2D eigenvalue weighted by Crippen LogP contribution is 2.16. The van der Waals surface area contributed by atoms with Crippen molar-refractivity contribution < 1.29 is 28.6 Å². The van der Waals surface area contributed by atoms with E-state index < -0.39 is 23.9 Å². The molecule has 1 heterocycles. The Morgan fingerprint density at radius 1 is 1.30 bits per heavy atom. The predicted molar refractivity (Wildman–Crippen MR) is 65.9 cm³/mol. The van der Waals surface area contributed by atoms with E-state index in [0.29, 0.717) is 12.2 Å². The fourth-order valence-electron chi connectivity index (χ4n) is 1.62. The number of ether oxygens (including phenoxy) is 3. The number of primary amides is 1. The molecule has 20 heavy (non-hydrogen) atoms. The highest BCUT2D eigenvalue weighted by Gasteiger charge is 2.30. The molecule has 0 bridgehead atoms. The van der Waals surface area contributed by atoms with Crippen LogP contribution in [0.25, 0.3) is 0 Å². The van der Waals surface area contributed by atoms with Crippen molar-refractivity contribution in [3.63, 3.8) is 0 Å². The Morgan fingerprint density at radius 2 is 2.00 bits per heavy atom. The molecule has 0 radical (unpaired) electrons. The summed E-state index contributed by atoms with van der Waals surface area (Å²) in [7, 11) is 0. The van der Waals surface area contributed by atoms with E-state index in [1.54, 1.807) is 0 Å². The molecule has 0 aromatic heterocycles. The van der Waals surface area contributed by atoms with Crippen LogP contribution in [0.3, 0.4) is 0 Å². The summed E-state index contributed by atoms with van der Waals surface area (Å²) in [6, 6.07) is 5.96. The summed E-state index contributed by atoms with van der Waals surface area (Å²) in [5.41, 5.74) is 5.22. The number of cyclic esters (lactones) is 1. The number of amides is 1. The fraction of sp³-hybridized carbons (Fsp3) is 0.308. The zero-order chi connectivity index (χ0) is 14.5. The van der Waals surface area contributed by atoms with Crippen molar-refractivity contribution in [2.24, 2.45) is 5.73 Å². The third-order valence-corrected chi connectivity index (χ3v) is 2.61. The van der Waals surface area contributed by atoms with Crippen molar-refractivity contribution >= 4 is 17.8 Å². The summed E-state index contributed by atoms with van der Waals surface area (Å²) in [4.78, 5) is 33.5. The van der Waals surface area contributed by atoms with Gasteiger partial charge in [0.1, 0.15) is 5.75 Å². The first kappa shape index (κ1) is 13.9. The van der Waals surface area contributed by atoms with Gasteiger partial charge in [-0.05, 0) is 24.3 Å². The number of carbonyl (C=O) groups is 3. The van der Waals surface area contributed by atoms with Crippen LogP contribution >= 0.6 is 0 Å². The largest absolute Gasteiger partial charge is 0.484 e. The minimum atomic E-state index is -0.840. The molecule has 1 fully saturated rings. The van der Waals surface area contributed by atoms with Crippen LogP contribution < -0.4 is 10.5 Å². The molecule has 1 aliphatic rings. The zero-order valence-corrected chi connectivity index (χ0v) is 10.5. The summed E-state index contributed by atoms with van der Waals surface area (Å²) in [6.07, 6.45) is -0.474. The van der Waals surface area contributed by atoms with Crippen molar-refractivity contribution in [3.8, 4) is 5.75 Å². The fourth-order valence-corrected chi connectivity index (χ4v) is 1.62. The maximum absolute atomic E-state index is 11.8. The molecule has 1 amide bonds. The monoisotopic (exact) mass is 279 g/mol. The van der Waals surface area contributed by atoms with Gasteiger partial charge in [-0.1, -0.05) is 0 Å². The number of rotatable bonds is 5. The van der Waals surface area contributed by atoms with Crippen LogP contribution in [0.5, 0.6) is 5.75 Å². The van der Waals surface area contributed by atoms with Crippen molar-refractivity contribution in [3.05, 3.63) is 29.8 Å². The lowest BCUT2D eigenvalue weighted by molar-refractivity contribution is -0.145.